The van der Waals surface area contributed by atoms with Gasteiger partial charge in [0.15, 0.2) is 0 Å². The van der Waals surface area contributed by atoms with Crippen molar-refractivity contribution in [2.45, 2.75) is 65.0 Å². The van der Waals surface area contributed by atoms with Gasteiger partial charge in [-0.25, -0.2) is 0 Å². The molecule has 2 fully saturated rings. The summed E-state index contributed by atoms with van der Waals surface area (Å²) in [5, 5.41) is 3.74. The Labute approximate surface area is 130 Å². The summed E-state index contributed by atoms with van der Waals surface area (Å²) < 4.78 is 0. The van der Waals surface area contributed by atoms with E-state index in [-0.39, 0.29) is 0 Å². The Morgan fingerprint density at radius 2 is 2.15 bits per heavy atom. The Kier molecular flexibility index (Phi) is 6.25. The first kappa shape index (κ1) is 16.6. The fraction of sp³-hybridized carbons (Fsp3) is 1.00. The van der Waals surface area contributed by atoms with Crippen LogP contribution < -0.4 is 5.32 Å². The van der Waals surface area contributed by atoms with Crippen LogP contribution in [-0.4, -0.2) is 48.6 Å². The standard InChI is InChI=1S/C17H34N2S/c1-14(2)18-12-17(8-5-6-15(3)10-17)13-19(4)16-7-9-20-11-16/h14-16,18H,5-13H2,1-4H3. The highest BCUT2D eigenvalue weighted by Crippen LogP contribution is 2.40. The van der Waals surface area contributed by atoms with Crippen molar-refractivity contribution >= 4 is 11.8 Å². The van der Waals surface area contributed by atoms with Crippen molar-refractivity contribution in [2.24, 2.45) is 11.3 Å². The molecule has 3 heteroatoms. The third-order valence-corrected chi connectivity index (χ3v) is 6.33. The van der Waals surface area contributed by atoms with Crippen LogP contribution in [0.2, 0.25) is 0 Å². The molecule has 0 aromatic heterocycles. The van der Waals surface area contributed by atoms with Crippen molar-refractivity contribution in [3.8, 4) is 0 Å². The maximum absolute atomic E-state index is 3.74. The molecular formula is C17H34N2S. The SMILES string of the molecule is CC1CCCC(CNC(C)C)(CN(C)C2CCSC2)C1. The summed E-state index contributed by atoms with van der Waals surface area (Å²) in [6, 6.07) is 1.43. The predicted molar refractivity (Wildman–Crippen MR) is 91.6 cm³/mol. The van der Waals surface area contributed by atoms with E-state index in [1.807, 2.05) is 0 Å². The van der Waals surface area contributed by atoms with Gasteiger partial charge >= 0.3 is 0 Å². The average molecular weight is 299 g/mol. The molecule has 0 aromatic carbocycles. The Morgan fingerprint density at radius 1 is 1.35 bits per heavy atom. The average Bonchev–Trinajstić information content (AvgIpc) is 2.90. The molecule has 0 spiro atoms. The van der Waals surface area contributed by atoms with Gasteiger partial charge in [-0.2, -0.15) is 11.8 Å². The first-order valence-corrected chi connectivity index (χ1v) is 9.68. The number of nitrogens with zero attached hydrogens (tertiary/aromatic N) is 1. The largest absolute Gasteiger partial charge is 0.314 e. The quantitative estimate of drug-likeness (QED) is 0.806. The van der Waals surface area contributed by atoms with Gasteiger partial charge in [-0.05, 0) is 43.4 Å². The van der Waals surface area contributed by atoms with E-state index in [0.29, 0.717) is 11.5 Å². The molecule has 1 saturated carbocycles. The molecule has 0 aromatic rings. The topological polar surface area (TPSA) is 15.3 Å². The van der Waals surface area contributed by atoms with Gasteiger partial charge in [-0.15, -0.1) is 0 Å². The molecule has 3 unspecified atom stereocenters. The van der Waals surface area contributed by atoms with Gasteiger partial charge in [0.1, 0.15) is 0 Å². The van der Waals surface area contributed by atoms with Gasteiger partial charge in [-0.1, -0.05) is 33.6 Å². The summed E-state index contributed by atoms with van der Waals surface area (Å²) in [4.78, 5) is 2.68. The van der Waals surface area contributed by atoms with Crippen LogP contribution in [-0.2, 0) is 0 Å². The minimum absolute atomic E-state index is 0.518. The molecule has 1 heterocycles. The molecule has 2 aliphatic rings. The van der Waals surface area contributed by atoms with Crippen molar-refractivity contribution in [3.05, 3.63) is 0 Å². The maximum Gasteiger partial charge on any atom is 0.0191 e. The monoisotopic (exact) mass is 298 g/mol. The van der Waals surface area contributed by atoms with Gasteiger partial charge in [0, 0.05) is 30.9 Å². The van der Waals surface area contributed by atoms with E-state index in [1.165, 1.54) is 56.7 Å². The highest BCUT2D eigenvalue weighted by atomic mass is 32.2. The van der Waals surface area contributed by atoms with Crippen LogP contribution in [0.4, 0.5) is 0 Å². The zero-order chi connectivity index (χ0) is 14.6. The summed E-state index contributed by atoms with van der Waals surface area (Å²) in [7, 11) is 2.37. The fourth-order valence-electron chi connectivity index (χ4n) is 4.08. The van der Waals surface area contributed by atoms with E-state index in [4.69, 9.17) is 0 Å². The zero-order valence-corrected chi connectivity index (χ0v) is 14.8. The molecule has 1 aliphatic carbocycles. The van der Waals surface area contributed by atoms with E-state index in [9.17, 15) is 0 Å². The predicted octanol–water partition coefficient (Wildman–Crippen LogP) is 3.62. The number of rotatable bonds is 6. The number of hydrogen-bond acceptors (Lipinski definition) is 3. The molecule has 118 valence electrons. The second-order valence-corrected chi connectivity index (χ2v) is 8.82. The summed E-state index contributed by atoms with van der Waals surface area (Å²) >= 11 is 2.13. The fourth-order valence-corrected chi connectivity index (χ4v) is 5.38. The summed E-state index contributed by atoms with van der Waals surface area (Å²) in [6.45, 7) is 9.50. The molecule has 1 N–H and O–H groups in total. The van der Waals surface area contributed by atoms with Crippen molar-refractivity contribution in [1.82, 2.24) is 10.2 Å². The Hall–Kier alpha value is 0.270. The molecular weight excluding hydrogens is 264 g/mol. The lowest BCUT2D eigenvalue weighted by molar-refractivity contribution is 0.0754. The van der Waals surface area contributed by atoms with Crippen molar-refractivity contribution in [2.75, 3.05) is 31.6 Å². The number of hydrogen-bond donors (Lipinski definition) is 1. The van der Waals surface area contributed by atoms with Crippen LogP contribution in [0.1, 0.15) is 52.9 Å². The highest BCUT2D eigenvalue weighted by molar-refractivity contribution is 7.99. The van der Waals surface area contributed by atoms with Gasteiger partial charge < -0.3 is 10.2 Å². The van der Waals surface area contributed by atoms with Gasteiger partial charge in [0.2, 0.25) is 0 Å². The molecule has 2 rings (SSSR count). The van der Waals surface area contributed by atoms with E-state index in [0.717, 1.165) is 12.0 Å². The molecule has 1 aliphatic heterocycles. The van der Waals surface area contributed by atoms with Crippen LogP contribution in [0, 0.1) is 11.3 Å². The molecule has 0 radical (unpaired) electrons. The van der Waals surface area contributed by atoms with E-state index < -0.39 is 0 Å². The lowest BCUT2D eigenvalue weighted by Crippen LogP contribution is -2.49. The van der Waals surface area contributed by atoms with Crippen LogP contribution in [0.5, 0.6) is 0 Å². The molecule has 0 amide bonds. The van der Waals surface area contributed by atoms with Crippen LogP contribution in [0.15, 0.2) is 0 Å². The smallest absolute Gasteiger partial charge is 0.0191 e. The highest BCUT2D eigenvalue weighted by Gasteiger charge is 2.37. The minimum Gasteiger partial charge on any atom is -0.314 e. The van der Waals surface area contributed by atoms with E-state index >= 15 is 0 Å². The zero-order valence-electron chi connectivity index (χ0n) is 14.0. The number of thioether (sulfide) groups is 1. The minimum atomic E-state index is 0.518. The van der Waals surface area contributed by atoms with E-state index in [2.05, 4.69) is 49.8 Å². The van der Waals surface area contributed by atoms with Crippen molar-refractivity contribution in [1.29, 1.82) is 0 Å². The third-order valence-electron chi connectivity index (χ3n) is 5.18. The van der Waals surface area contributed by atoms with Gasteiger partial charge in [0.25, 0.3) is 0 Å². The van der Waals surface area contributed by atoms with Crippen LogP contribution in [0.25, 0.3) is 0 Å². The molecule has 0 bridgehead atoms. The van der Waals surface area contributed by atoms with Gasteiger partial charge in [-0.3, -0.25) is 0 Å². The lowest BCUT2D eigenvalue weighted by Gasteiger charge is -2.44. The second kappa shape index (κ2) is 7.51. The first-order valence-electron chi connectivity index (χ1n) is 8.52. The summed E-state index contributed by atoms with van der Waals surface area (Å²) in [6.07, 6.45) is 7.09. The third kappa shape index (κ3) is 4.64. The molecule has 3 atom stereocenters. The number of nitrogens with one attached hydrogen (secondary N) is 1. The maximum atomic E-state index is 3.74. The van der Waals surface area contributed by atoms with Crippen LogP contribution >= 0.6 is 11.8 Å². The van der Waals surface area contributed by atoms with E-state index in [1.54, 1.807) is 0 Å². The molecule has 2 nitrogen and oxygen atoms in total. The normalized spacial score (nSPS) is 35.1. The van der Waals surface area contributed by atoms with Crippen LogP contribution in [0.3, 0.4) is 0 Å². The second-order valence-electron chi connectivity index (χ2n) is 7.67. The van der Waals surface area contributed by atoms with Crippen molar-refractivity contribution in [3.63, 3.8) is 0 Å². The summed E-state index contributed by atoms with van der Waals surface area (Å²) in [5.41, 5.74) is 0.518. The Bertz CT molecular complexity index is 289. The Balaban J connectivity index is 1.97. The van der Waals surface area contributed by atoms with Gasteiger partial charge in [0.05, 0.1) is 0 Å². The molecule has 20 heavy (non-hydrogen) atoms. The Morgan fingerprint density at radius 3 is 2.75 bits per heavy atom. The van der Waals surface area contributed by atoms with Crippen molar-refractivity contribution < 1.29 is 0 Å². The summed E-state index contributed by atoms with van der Waals surface area (Å²) in [5.74, 6) is 3.62. The first-order chi connectivity index (χ1) is 9.51. The lowest BCUT2D eigenvalue weighted by atomic mass is 9.69. The molecule has 1 saturated heterocycles.